The van der Waals surface area contributed by atoms with Crippen molar-refractivity contribution in [1.82, 2.24) is 5.48 Å². The van der Waals surface area contributed by atoms with Crippen molar-refractivity contribution in [2.24, 2.45) is 0 Å². The number of hydroxylamine groups is 1. The molecule has 6 nitrogen and oxygen atoms in total. The van der Waals surface area contributed by atoms with Gasteiger partial charge in [0.2, 0.25) is 0 Å². The van der Waals surface area contributed by atoms with E-state index in [9.17, 15) is 0 Å². The predicted octanol–water partition coefficient (Wildman–Crippen LogP) is -3.08. The van der Waals surface area contributed by atoms with Gasteiger partial charge in [0.15, 0.2) is 6.23 Å². The van der Waals surface area contributed by atoms with Crippen LogP contribution in [0.4, 0.5) is 0 Å². The van der Waals surface area contributed by atoms with Gasteiger partial charge >= 0.3 is 0 Å². The summed E-state index contributed by atoms with van der Waals surface area (Å²) in [5, 5.41) is 35.3. The van der Waals surface area contributed by atoms with Gasteiger partial charge in [-0.3, -0.25) is 4.84 Å². The lowest BCUT2D eigenvalue weighted by Crippen LogP contribution is -2.40. The van der Waals surface area contributed by atoms with Crippen LogP contribution < -0.4 is 5.48 Å². The number of aliphatic hydroxyl groups is 4. The Morgan fingerprint density at radius 1 is 1.45 bits per heavy atom. The molecular formula is C5H11NO5. The molecule has 0 aromatic rings. The van der Waals surface area contributed by atoms with Crippen LogP contribution in [0, 0.1) is 0 Å². The van der Waals surface area contributed by atoms with Crippen molar-refractivity contribution < 1.29 is 25.3 Å². The van der Waals surface area contributed by atoms with Gasteiger partial charge in [0.1, 0.15) is 18.3 Å². The fraction of sp³-hybridized carbons (Fsp3) is 1.00. The Morgan fingerprint density at radius 3 is 2.45 bits per heavy atom. The van der Waals surface area contributed by atoms with Crippen LogP contribution in [0.25, 0.3) is 0 Å². The Balaban J connectivity index is 2.47. The third kappa shape index (κ3) is 1.67. The van der Waals surface area contributed by atoms with Gasteiger partial charge < -0.3 is 20.4 Å². The molecule has 1 saturated heterocycles. The first-order valence-corrected chi connectivity index (χ1v) is 3.23. The third-order valence-corrected chi connectivity index (χ3v) is 1.55. The van der Waals surface area contributed by atoms with Gasteiger partial charge in [0.25, 0.3) is 0 Å². The van der Waals surface area contributed by atoms with Gasteiger partial charge in [-0.1, -0.05) is 0 Å². The van der Waals surface area contributed by atoms with Crippen LogP contribution in [0.3, 0.4) is 0 Å². The molecule has 0 aliphatic carbocycles. The second-order valence-electron chi connectivity index (χ2n) is 2.39. The topological polar surface area (TPSA) is 102 Å². The average Bonchev–Trinajstić information content (AvgIpc) is 2.32. The molecule has 6 heteroatoms. The van der Waals surface area contributed by atoms with E-state index >= 15 is 0 Å². The Morgan fingerprint density at radius 2 is 2.09 bits per heavy atom. The summed E-state index contributed by atoms with van der Waals surface area (Å²) in [4.78, 5) is 4.57. The van der Waals surface area contributed by atoms with Crippen molar-refractivity contribution in [2.45, 2.75) is 24.5 Å². The Bertz CT molecular complexity index is 132. The van der Waals surface area contributed by atoms with Gasteiger partial charge in [-0.25, -0.2) is 0 Å². The van der Waals surface area contributed by atoms with Crippen molar-refractivity contribution in [1.29, 1.82) is 0 Å². The monoisotopic (exact) mass is 165 g/mol. The lowest BCUT2D eigenvalue weighted by molar-refractivity contribution is -0.0875. The zero-order valence-electron chi connectivity index (χ0n) is 5.71. The van der Waals surface area contributed by atoms with Gasteiger partial charge in [-0.2, -0.15) is 5.48 Å². The minimum atomic E-state index is -1.21. The highest BCUT2D eigenvalue weighted by Gasteiger charge is 2.39. The summed E-state index contributed by atoms with van der Waals surface area (Å²) in [7, 11) is 0. The Labute approximate surface area is 63.0 Å². The molecule has 4 atom stereocenters. The first-order chi connectivity index (χ1) is 5.16. The third-order valence-electron chi connectivity index (χ3n) is 1.55. The molecule has 1 rings (SSSR count). The number of hydrogen-bond donors (Lipinski definition) is 5. The summed E-state index contributed by atoms with van der Waals surface area (Å²) in [6, 6.07) is 0. The average molecular weight is 165 g/mol. The highest BCUT2D eigenvalue weighted by atomic mass is 16.7. The summed E-state index contributed by atoms with van der Waals surface area (Å²) in [5.74, 6) is 0. The van der Waals surface area contributed by atoms with Crippen LogP contribution >= 0.6 is 0 Å². The second-order valence-corrected chi connectivity index (χ2v) is 2.39. The van der Waals surface area contributed by atoms with Crippen molar-refractivity contribution in [3.8, 4) is 0 Å². The SMILES string of the molecule is OC[C@@H](O)[C@@H]1ON[C@@H](O)[C@@H]1O. The molecule has 0 aromatic carbocycles. The highest BCUT2D eigenvalue weighted by molar-refractivity contribution is 4.83. The van der Waals surface area contributed by atoms with E-state index in [-0.39, 0.29) is 0 Å². The van der Waals surface area contributed by atoms with Gasteiger partial charge in [-0.05, 0) is 0 Å². The lowest BCUT2D eigenvalue weighted by Gasteiger charge is -2.16. The summed E-state index contributed by atoms with van der Waals surface area (Å²) in [5.41, 5.74) is 2.07. The van der Waals surface area contributed by atoms with Crippen LogP contribution in [0.15, 0.2) is 0 Å². The molecule has 0 bridgehead atoms. The van der Waals surface area contributed by atoms with Crippen LogP contribution in [-0.4, -0.2) is 51.6 Å². The number of nitrogens with one attached hydrogen (secondary N) is 1. The molecular weight excluding hydrogens is 154 g/mol. The molecule has 0 amide bonds. The van der Waals surface area contributed by atoms with Crippen molar-refractivity contribution in [3.63, 3.8) is 0 Å². The molecule has 0 spiro atoms. The first-order valence-electron chi connectivity index (χ1n) is 3.23. The van der Waals surface area contributed by atoms with Gasteiger partial charge in [-0.15, -0.1) is 0 Å². The molecule has 0 radical (unpaired) electrons. The standard InChI is InChI=1S/C5H11NO5/c7-1-2(8)4-3(9)5(10)6-11-4/h2-10H,1H2/t2-,3-,4+,5+/m1/s1. The maximum atomic E-state index is 9.05. The first kappa shape index (κ1) is 8.85. The zero-order valence-corrected chi connectivity index (χ0v) is 5.71. The van der Waals surface area contributed by atoms with Crippen LogP contribution in [0.1, 0.15) is 0 Å². The molecule has 0 aromatic heterocycles. The second kappa shape index (κ2) is 3.44. The highest BCUT2D eigenvalue weighted by Crippen LogP contribution is 2.12. The zero-order chi connectivity index (χ0) is 8.43. The number of aliphatic hydroxyl groups excluding tert-OH is 4. The van der Waals surface area contributed by atoms with E-state index in [4.69, 9.17) is 20.4 Å². The molecule has 1 heterocycles. The van der Waals surface area contributed by atoms with Gasteiger partial charge in [0, 0.05) is 0 Å². The molecule has 5 N–H and O–H groups in total. The Hall–Kier alpha value is -0.240. The molecule has 66 valence electrons. The molecule has 0 saturated carbocycles. The van der Waals surface area contributed by atoms with Gasteiger partial charge in [0.05, 0.1) is 6.61 Å². The molecule has 1 fully saturated rings. The maximum absolute atomic E-state index is 9.05. The van der Waals surface area contributed by atoms with E-state index in [1.807, 2.05) is 0 Å². The number of hydrogen-bond acceptors (Lipinski definition) is 6. The van der Waals surface area contributed by atoms with E-state index in [1.54, 1.807) is 0 Å². The van der Waals surface area contributed by atoms with Crippen LogP contribution in [-0.2, 0) is 4.84 Å². The van der Waals surface area contributed by atoms with Crippen LogP contribution in [0.5, 0.6) is 0 Å². The van der Waals surface area contributed by atoms with Crippen molar-refractivity contribution >= 4 is 0 Å². The molecule has 11 heavy (non-hydrogen) atoms. The van der Waals surface area contributed by atoms with E-state index in [0.717, 1.165) is 0 Å². The predicted molar refractivity (Wildman–Crippen MR) is 33.1 cm³/mol. The van der Waals surface area contributed by atoms with E-state index in [0.29, 0.717) is 0 Å². The minimum Gasteiger partial charge on any atom is -0.394 e. The fourth-order valence-electron chi connectivity index (χ4n) is 0.877. The minimum absolute atomic E-state index is 0.518. The summed E-state index contributed by atoms with van der Waals surface area (Å²) < 4.78 is 0. The molecule has 1 aliphatic heterocycles. The Kier molecular flexibility index (Phi) is 2.77. The lowest BCUT2D eigenvalue weighted by atomic mass is 10.1. The summed E-state index contributed by atoms with van der Waals surface area (Å²) in [6.45, 7) is -0.518. The fourth-order valence-corrected chi connectivity index (χ4v) is 0.877. The largest absolute Gasteiger partial charge is 0.394 e. The molecule has 0 unspecified atom stereocenters. The normalized spacial score (nSPS) is 40.9. The van der Waals surface area contributed by atoms with Crippen molar-refractivity contribution in [3.05, 3.63) is 0 Å². The van der Waals surface area contributed by atoms with E-state index in [1.165, 1.54) is 0 Å². The smallest absolute Gasteiger partial charge is 0.155 e. The van der Waals surface area contributed by atoms with E-state index in [2.05, 4.69) is 10.3 Å². The maximum Gasteiger partial charge on any atom is 0.155 e. The number of rotatable bonds is 2. The molecule has 1 aliphatic rings. The van der Waals surface area contributed by atoms with E-state index < -0.39 is 31.1 Å². The van der Waals surface area contributed by atoms with Crippen molar-refractivity contribution in [2.75, 3.05) is 6.61 Å². The summed E-state index contributed by atoms with van der Waals surface area (Å²) >= 11 is 0. The summed E-state index contributed by atoms with van der Waals surface area (Å²) in [6.07, 6.45) is -4.58. The van der Waals surface area contributed by atoms with Crippen LogP contribution in [0.2, 0.25) is 0 Å². The quantitative estimate of drug-likeness (QED) is 0.297.